The Bertz CT molecular complexity index is 655. The second-order valence-electron chi connectivity index (χ2n) is 5.66. The highest BCUT2D eigenvalue weighted by atomic mass is 32.1. The summed E-state index contributed by atoms with van der Waals surface area (Å²) in [5.74, 6) is 0.748. The van der Waals surface area contributed by atoms with Crippen molar-refractivity contribution in [3.05, 3.63) is 23.5 Å². The number of anilines is 2. The SMILES string of the molecule is CCCc1nnc(NC(=O)NC2CCN(c3ncccn3)CC2)s1. The van der Waals surface area contributed by atoms with Gasteiger partial charge in [0.2, 0.25) is 11.1 Å². The molecule has 0 bridgehead atoms. The molecule has 2 aromatic rings. The smallest absolute Gasteiger partial charge is 0.321 e. The van der Waals surface area contributed by atoms with Gasteiger partial charge in [-0.25, -0.2) is 14.8 Å². The number of nitrogens with zero attached hydrogens (tertiary/aromatic N) is 5. The molecular formula is C15H21N7OS. The van der Waals surface area contributed by atoms with Crippen LogP contribution in [0.4, 0.5) is 15.9 Å². The van der Waals surface area contributed by atoms with Crippen molar-refractivity contribution < 1.29 is 4.79 Å². The molecular weight excluding hydrogens is 326 g/mol. The van der Waals surface area contributed by atoms with Crippen molar-refractivity contribution in [1.82, 2.24) is 25.5 Å². The third kappa shape index (κ3) is 4.38. The van der Waals surface area contributed by atoms with Gasteiger partial charge in [0.25, 0.3) is 0 Å². The molecule has 3 heterocycles. The van der Waals surface area contributed by atoms with Crippen molar-refractivity contribution in [3.63, 3.8) is 0 Å². The Hall–Kier alpha value is -2.29. The predicted molar refractivity (Wildman–Crippen MR) is 93.3 cm³/mol. The number of carbonyl (C=O) groups is 1. The van der Waals surface area contributed by atoms with Crippen LogP contribution >= 0.6 is 11.3 Å². The molecule has 0 atom stereocenters. The highest BCUT2D eigenvalue weighted by molar-refractivity contribution is 7.15. The number of hydrogen-bond acceptors (Lipinski definition) is 7. The second kappa shape index (κ2) is 8.00. The molecule has 1 saturated heterocycles. The zero-order valence-electron chi connectivity index (χ0n) is 13.6. The number of piperidine rings is 1. The predicted octanol–water partition coefficient (Wildman–Crippen LogP) is 2.07. The van der Waals surface area contributed by atoms with Gasteiger partial charge >= 0.3 is 6.03 Å². The first-order valence-electron chi connectivity index (χ1n) is 8.16. The van der Waals surface area contributed by atoms with Crippen LogP contribution in [0.25, 0.3) is 0 Å². The molecule has 2 amide bonds. The first-order chi connectivity index (χ1) is 11.7. The molecule has 0 aromatic carbocycles. The van der Waals surface area contributed by atoms with Crippen molar-refractivity contribution in [2.45, 2.75) is 38.6 Å². The minimum absolute atomic E-state index is 0.146. The van der Waals surface area contributed by atoms with E-state index in [1.54, 1.807) is 12.4 Å². The van der Waals surface area contributed by atoms with Crippen LogP contribution < -0.4 is 15.5 Å². The standard InChI is InChI=1S/C15H21N7OS/c1-2-4-12-20-21-15(24-12)19-14(23)18-11-5-9-22(10-6-11)13-16-7-3-8-17-13/h3,7-8,11H,2,4-6,9-10H2,1H3,(H2,18,19,21,23). The fourth-order valence-corrected chi connectivity index (χ4v) is 3.45. The molecule has 3 rings (SSSR count). The van der Waals surface area contributed by atoms with Crippen LogP contribution in [0.3, 0.4) is 0 Å². The van der Waals surface area contributed by atoms with E-state index in [4.69, 9.17) is 0 Å². The molecule has 1 aliphatic rings. The number of aryl methyl sites for hydroxylation is 1. The summed E-state index contributed by atoms with van der Waals surface area (Å²) >= 11 is 1.43. The van der Waals surface area contributed by atoms with Crippen LogP contribution in [0.15, 0.2) is 18.5 Å². The maximum absolute atomic E-state index is 12.1. The van der Waals surface area contributed by atoms with Gasteiger partial charge in [-0.1, -0.05) is 18.3 Å². The molecule has 1 aliphatic heterocycles. The molecule has 0 saturated carbocycles. The molecule has 0 unspecified atom stereocenters. The molecule has 2 N–H and O–H groups in total. The molecule has 128 valence electrons. The summed E-state index contributed by atoms with van der Waals surface area (Å²) in [5.41, 5.74) is 0. The molecule has 1 fully saturated rings. The molecule has 24 heavy (non-hydrogen) atoms. The number of rotatable bonds is 5. The zero-order chi connectivity index (χ0) is 16.8. The zero-order valence-corrected chi connectivity index (χ0v) is 14.4. The quantitative estimate of drug-likeness (QED) is 0.859. The van der Waals surface area contributed by atoms with Crippen molar-refractivity contribution in [2.24, 2.45) is 0 Å². The van der Waals surface area contributed by atoms with E-state index < -0.39 is 0 Å². The maximum atomic E-state index is 12.1. The summed E-state index contributed by atoms with van der Waals surface area (Å²) in [6.45, 7) is 3.75. The summed E-state index contributed by atoms with van der Waals surface area (Å²) in [6.07, 6.45) is 7.13. The first kappa shape index (κ1) is 16.6. The lowest BCUT2D eigenvalue weighted by atomic mass is 10.1. The molecule has 2 aromatic heterocycles. The molecule has 0 spiro atoms. The van der Waals surface area contributed by atoms with E-state index >= 15 is 0 Å². The van der Waals surface area contributed by atoms with Crippen LogP contribution in [0.1, 0.15) is 31.2 Å². The van der Waals surface area contributed by atoms with E-state index in [1.165, 1.54) is 11.3 Å². The summed E-state index contributed by atoms with van der Waals surface area (Å²) in [6, 6.07) is 1.73. The van der Waals surface area contributed by atoms with E-state index in [2.05, 4.69) is 42.6 Å². The van der Waals surface area contributed by atoms with Gasteiger partial charge in [-0.05, 0) is 25.3 Å². The average molecular weight is 347 g/mol. The second-order valence-corrected chi connectivity index (χ2v) is 6.72. The number of hydrogen-bond donors (Lipinski definition) is 2. The Labute approximate surface area is 144 Å². The first-order valence-corrected chi connectivity index (χ1v) is 8.98. The van der Waals surface area contributed by atoms with Crippen molar-refractivity contribution in [2.75, 3.05) is 23.3 Å². The average Bonchev–Trinajstić information content (AvgIpc) is 3.03. The number of carbonyl (C=O) groups excluding carboxylic acids is 1. The Morgan fingerprint density at radius 1 is 1.29 bits per heavy atom. The highest BCUT2D eigenvalue weighted by Gasteiger charge is 2.22. The van der Waals surface area contributed by atoms with Gasteiger partial charge in [0.1, 0.15) is 5.01 Å². The van der Waals surface area contributed by atoms with Gasteiger partial charge in [0.15, 0.2) is 0 Å². The van der Waals surface area contributed by atoms with Crippen LogP contribution in [0.5, 0.6) is 0 Å². The lowest BCUT2D eigenvalue weighted by molar-refractivity contribution is 0.246. The molecule has 9 heteroatoms. The van der Waals surface area contributed by atoms with Crippen LogP contribution in [0, 0.1) is 0 Å². The van der Waals surface area contributed by atoms with Crippen LogP contribution in [-0.4, -0.2) is 45.3 Å². The Kier molecular flexibility index (Phi) is 5.52. The summed E-state index contributed by atoms with van der Waals surface area (Å²) < 4.78 is 0. The van der Waals surface area contributed by atoms with E-state index in [9.17, 15) is 4.79 Å². The van der Waals surface area contributed by atoms with Crippen molar-refractivity contribution in [1.29, 1.82) is 0 Å². The van der Waals surface area contributed by atoms with E-state index in [1.807, 2.05) is 6.07 Å². The lowest BCUT2D eigenvalue weighted by Gasteiger charge is -2.32. The molecule has 0 radical (unpaired) electrons. The summed E-state index contributed by atoms with van der Waals surface area (Å²) in [5, 5.41) is 15.3. The topological polar surface area (TPSA) is 95.9 Å². The molecule has 0 aliphatic carbocycles. The lowest BCUT2D eigenvalue weighted by Crippen LogP contribution is -2.46. The minimum Gasteiger partial charge on any atom is -0.341 e. The van der Waals surface area contributed by atoms with Gasteiger partial charge in [-0.3, -0.25) is 5.32 Å². The van der Waals surface area contributed by atoms with Crippen LogP contribution in [-0.2, 0) is 6.42 Å². The monoisotopic (exact) mass is 347 g/mol. The van der Waals surface area contributed by atoms with Crippen LogP contribution in [0.2, 0.25) is 0 Å². The summed E-state index contributed by atoms with van der Waals surface area (Å²) in [7, 11) is 0. The van der Waals surface area contributed by atoms with Gasteiger partial charge in [-0.2, -0.15) is 0 Å². The third-order valence-electron chi connectivity index (χ3n) is 3.82. The van der Waals surface area contributed by atoms with Crippen molar-refractivity contribution >= 4 is 28.4 Å². The van der Waals surface area contributed by atoms with Gasteiger partial charge < -0.3 is 10.2 Å². The van der Waals surface area contributed by atoms with Gasteiger partial charge in [0, 0.05) is 37.9 Å². The number of amides is 2. The fourth-order valence-electron chi connectivity index (χ4n) is 2.62. The number of aromatic nitrogens is 4. The summed E-state index contributed by atoms with van der Waals surface area (Å²) in [4.78, 5) is 22.7. The van der Waals surface area contributed by atoms with Crippen molar-refractivity contribution in [3.8, 4) is 0 Å². The van der Waals surface area contributed by atoms with Gasteiger partial charge in [0.05, 0.1) is 0 Å². The normalized spacial score (nSPS) is 15.3. The molecule has 8 nitrogen and oxygen atoms in total. The van der Waals surface area contributed by atoms with E-state index in [0.29, 0.717) is 5.13 Å². The van der Waals surface area contributed by atoms with E-state index in [0.717, 1.165) is 49.7 Å². The number of urea groups is 1. The minimum atomic E-state index is -0.219. The Morgan fingerprint density at radius 2 is 2.04 bits per heavy atom. The maximum Gasteiger partial charge on any atom is 0.321 e. The third-order valence-corrected chi connectivity index (χ3v) is 4.71. The van der Waals surface area contributed by atoms with E-state index in [-0.39, 0.29) is 12.1 Å². The van der Waals surface area contributed by atoms with Gasteiger partial charge in [-0.15, -0.1) is 10.2 Å². The highest BCUT2D eigenvalue weighted by Crippen LogP contribution is 2.18. The fraction of sp³-hybridized carbons (Fsp3) is 0.533. The number of nitrogens with one attached hydrogen (secondary N) is 2. The Balaban J connectivity index is 1.44. The Morgan fingerprint density at radius 3 is 2.75 bits per heavy atom. The largest absolute Gasteiger partial charge is 0.341 e.